The molecule has 0 bridgehead atoms. The van der Waals surface area contributed by atoms with E-state index in [-0.39, 0.29) is 12.0 Å². The van der Waals surface area contributed by atoms with E-state index in [4.69, 9.17) is 4.74 Å². The highest BCUT2D eigenvalue weighted by atomic mass is 16.5. The summed E-state index contributed by atoms with van der Waals surface area (Å²) < 4.78 is 6.75. The number of benzene rings is 2. The fourth-order valence-corrected chi connectivity index (χ4v) is 2.81. The van der Waals surface area contributed by atoms with Crippen LogP contribution in [0.1, 0.15) is 37.6 Å². The number of rotatable bonds is 6. The van der Waals surface area contributed by atoms with Gasteiger partial charge >= 0.3 is 5.97 Å². The molecular formula is C25H27N3O3. The summed E-state index contributed by atoms with van der Waals surface area (Å²) >= 11 is 0. The third-order valence-corrected chi connectivity index (χ3v) is 4.58. The van der Waals surface area contributed by atoms with Crippen molar-refractivity contribution in [2.24, 2.45) is 0 Å². The lowest BCUT2D eigenvalue weighted by atomic mass is 9.92. The Labute approximate surface area is 182 Å². The van der Waals surface area contributed by atoms with Crippen LogP contribution >= 0.6 is 0 Å². The first-order chi connectivity index (χ1) is 14.7. The summed E-state index contributed by atoms with van der Waals surface area (Å²) in [5.74, 6) is -0.496. The number of hydrogen-bond donors (Lipinski definition) is 1. The Balaban J connectivity index is 1.65. The predicted octanol–water partition coefficient (Wildman–Crippen LogP) is 4.67. The maximum atomic E-state index is 12.4. The van der Waals surface area contributed by atoms with E-state index in [1.165, 1.54) is 6.08 Å². The van der Waals surface area contributed by atoms with Crippen LogP contribution in [0.3, 0.4) is 0 Å². The van der Waals surface area contributed by atoms with Crippen molar-refractivity contribution in [3.8, 4) is 5.69 Å². The monoisotopic (exact) mass is 417 g/mol. The van der Waals surface area contributed by atoms with Gasteiger partial charge < -0.3 is 10.1 Å². The Hall–Kier alpha value is -3.67. The maximum absolute atomic E-state index is 12.4. The molecule has 1 amide bonds. The number of esters is 1. The summed E-state index contributed by atoms with van der Waals surface area (Å²) in [5.41, 5.74) is 3.50. The number of nitrogens with one attached hydrogen (secondary N) is 1. The van der Waals surface area contributed by atoms with Crippen LogP contribution in [0.4, 0.5) is 5.82 Å². The summed E-state index contributed by atoms with van der Waals surface area (Å²) in [7, 11) is 0. The molecular weight excluding hydrogens is 390 g/mol. The summed E-state index contributed by atoms with van der Waals surface area (Å²) in [5, 5.41) is 7.45. The van der Waals surface area contributed by atoms with Crippen LogP contribution in [0.2, 0.25) is 0 Å². The highest BCUT2D eigenvalue weighted by Gasteiger charge is 2.21. The van der Waals surface area contributed by atoms with E-state index in [0.29, 0.717) is 5.82 Å². The average Bonchev–Trinajstić information content (AvgIpc) is 3.17. The Kier molecular flexibility index (Phi) is 6.70. The second kappa shape index (κ2) is 9.43. The lowest BCUT2D eigenvalue weighted by Crippen LogP contribution is -2.21. The summed E-state index contributed by atoms with van der Waals surface area (Å²) in [6.45, 7) is 7.77. The van der Waals surface area contributed by atoms with Crippen LogP contribution in [-0.2, 0) is 19.7 Å². The van der Waals surface area contributed by atoms with Gasteiger partial charge in [-0.05, 0) is 30.7 Å². The van der Waals surface area contributed by atoms with Gasteiger partial charge in [0.25, 0.3) is 5.91 Å². The van der Waals surface area contributed by atoms with Gasteiger partial charge in [0, 0.05) is 17.6 Å². The third kappa shape index (κ3) is 6.15. The summed E-state index contributed by atoms with van der Waals surface area (Å²) in [4.78, 5) is 24.4. The highest BCUT2D eigenvalue weighted by molar-refractivity contribution is 5.94. The van der Waals surface area contributed by atoms with Gasteiger partial charge in [-0.2, -0.15) is 5.10 Å². The van der Waals surface area contributed by atoms with Gasteiger partial charge in [-0.3, -0.25) is 4.79 Å². The van der Waals surface area contributed by atoms with Gasteiger partial charge in [0.15, 0.2) is 6.61 Å². The number of para-hydroxylation sites is 1. The van der Waals surface area contributed by atoms with Crippen molar-refractivity contribution < 1.29 is 14.3 Å². The Morgan fingerprint density at radius 1 is 1.06 bits per heavy atom. The summed E-state index contributed by atoms with van der Waals surface area (Å²) in [6.07, 6.45) is 2.96. The fourth-order valence-electron chi connectivity index (χ4n) is 2.81. The molecule has 0 radical (unpaired) electrons. The van der Waals surface area contributed by atoms with Crippen molar-refractivity contribution in [1.29, 1.82) is 0 Å². The Morgan fingerprint density at radius 2 is 1.74 bits per heavy atom. The van der Waals surface area contributed by atoms with E-state index in [0.717, 1.165) is 22.5 Å². The van der Waals surface area contributed by atoms with E-state index in [9.17, 15) is 9.59 Å². The molecule has 160 valence electrons. The molecule has 0 aliphatic heterocycles. The molecule has 31 heavy (non-hydrogen) atoms. The molecule has 0 saturated carbocycles. The third-order valence-electron chi connectivity index (χ3n) is 4.58. The first-order valence-corrected chi connectivity index (χ1v) is 10.1. The van der Waals surface area contributed by atoms with Gasteiger partial charge in [-0.25, -0.2) is 9.48 Å². The topological polar surface area (TPSA) is 73.2 Å². The predicted molar refractivity (Wildman–Crippen MR) is 122 cm³/mol. The van der Waals surface area contributed by atoms with Crippen molar-refractivity contribution in [3.05, 3.63) is 83.6 Å². The second-order valence-corrected chi connectivity index (χ2v) is 8.31. The number of hydrogen-bond acceptors (Lipinski definition) is 4. The smallest absolute Gasteiger partial charge is 0.331 e. The minimum atomic E-state index is -0.581. The van der Waals surface area contributed by atoms with Crippen molar-refractivity contribution in [2.45, 2.75) is 33.1 Å². The molecule has 1 aromatic heterocycles. The van der Waals surface area contributed by atoms with Crippen LogP contribution in [0.25, 0.3) is 11.8 Å². The molecule has 0 aliphatic carbocycles. The number of anilines is 1. The molecule has 1 N–H and O–H groups in total. The molecule has 2 aromatic carbocycles. The zero-order valence-electron chi connectivity index (χ0n) is 18.3. The Bertz CT molecular complexity index is 1080. The quantitative estimate of drug-likeness (QED) is 0.467. The molecule has 0 saturated heterocycles. The summed E-state index contributed by atoms with van der Waals surface area (Å²) in [6, 6.07) is 19.1. The van der Waals surface area contributed by atoms with Crippen LogP contribution < -0.4 is 5.32 Å². The van der Waals surface area contributed by atoms with E-state index in [1.54, 1.807) is 10.8 Å². The largest absolute Gasteiger partial charge is 0.452 e. The standard InChI is InChI=1S/C25H27N3O3/c1-18-10-12-19(13-11-18)14-15-24(30)31-17-23(29)26-22-16-21(25(2,3)4)27-28(22)20-8-6-5-7-9-20/h5-16H,17H2,1-4H3,(H,26,29)/b15-14+. The fraction of sp³-hybridized carbons (Fsp3) is 0.240. The van der Waals surface area contributed by atoms with E-state index >= 15 is 0 Å². The maximum Gasteiger partial charge on any atom is 0.331 e. The van der Waals surface area contributed by atoms with E-state index in [1.807, 2.05) is 67.6 Å². The lowest BCUT2D eigenvalue weighted by molar-refractivity contribution is -0.142. The molecule has 0 spiro atoms. The highest BCUT2D eigenvalue weighted by Crippen LogP contribution is 2.26. The molecule has 0 fully saturated rings. The average molecular weight is 418 g/mol. The molecule has 0 aliphatic rings. The number of carbonyl (C=O) groups excluding carboxylic acids is 2. The van der Waals surface area contributed by atoms with Crippen LogP contribution in [0.15, 0.2) is 66.7 Å². The molecule has 1 heterocycles. The SMILES string of the molecule is Cc1ccc(/C=C/C(=O)OCC(=O)Nc2cc(C(C)(C)C)nn2-c2ccccc2)cc1. The minimum absolute atomic E-state index is 0.188. The first-order valence-electron chi connectivity index (χ1n) is 10.1. The van der Waals surface area contributed by atoms with Crippen molar-refractivity contribution >= 4 is 23.8 Å². The minimum Gasteiger partial charge on any atom is -0.452 e. The first kappa shape index (κ1) is 22.0. The van der Waals surface area contributed by atoms with Gasteiger partial charge in [0.1, 0.15) is 5.82 Å². The molecule has 3 rings (SSSR count). The zero-order valence-corrected chi connectivity index (χ0v) is 18.3. The molecule has 0 unspecified atom stereocenters. The molecule has 6 nitrogen and oxygen atoms in total. The molecule has 6 heteroatoms. The number of nitrogens with zero attached hydrogens (tertiary/aromatic N) is 2. The second-order valence-electron chi connectivity index (χ2n) is 8.31. The van der Waals surface area contributed by atoms with Crippen LogP contribution in [0, 0.1) is 6.92 Å². The lowest BCUT2D eigenvalue weighted by Gasteiger charge is -2.14. The molecule has 3 aromatic rings. The number of ether oxygens (including phenoxy) is 1. The van der Waals surface area contributed by atoms with Crippen molar-refractivity contribution in [2.75, 3.05) is 11.9 Å². The normalized spacial score (nSPS) is 11.5. The van der Waals surface area contributed by atoms with Crippen LogP contribution in [0.5, 0.6) is 0 Å². The van der Waals surface area contributed by atoms with Gasteiger partial charge in [0.2, 0.25) is 0 Å². The van der Waals surface area contributed by atoms with Crippen molar-refractivity contribution in [1.82, 2.24) is 9.78 Å². The van der Waals surface area contributed by atoms with Gasteiger partial charge in [-0.15, -0.1) is 0 Å². The molecule has 0 atom stereocenters. The van der Waals surface area contributed by atoms with E-state index in [2.05, 4.69) is 31.2 Å². The number of aryl methyl sites for hydroxylation is 1. The van der Waals surface area contributed by atoms with Crippen LogP contribution in [-0.4, -0.2) is 28.3 Å². The van der Waals surface area contributed by atoms with Gasteiger partial charge in [-0.1, -0.05) is 68.8 Å². The number of aromatic nitrogens is 2. The zero-order chi connectivity index (χ0) is 22.4. The van der Waals surface area contributed by atoms with E-state index < -0.39 is 11.9 Å². The van der Waals surface area contributed by atoms with Crippen molar-refractivity contribution in [3.63, 3.8) is 0 Å². The van der Waals surface area contributed by atoms with Gasteiger partial charge in [0.05, 0.1) is 11.4 Å². The number of amides is 1. The number of carbonyl (C=O) groups is 2. The Morgan fingerprint density at radius 3 is 2.39 bits per heavy atom.